The summed E-state index contributed by atoms with van der Waals surface area (Å²) in [6, 6.07) is 7.81. The van der Waals surface area contributed by atoms with E-state index in [-0.39, 0.29) is 5.91 Å². The van der Waals surface area contributed by atoms with Gasteiger partial charge in [-0.2, -0.15) is 0 Å². The molecule has 82 valence electrons. The molecule has 0 fully saturated rings. The highest BCUT2D eigenvalue weighted by atomic mass is 16.2. The van der Waals surface area contributed by atoms with Crippen molar-refractivity contribution in [1.82, 2.24) is 4.90 Å². The van der Waals surface area contributed by atoms with E-state index in [1.165, 1.54) is 5.56 Å². The summed E-state index contributed by atoms with van der Waals surface area (Å²) in [5, 5.41) is 0. The van der Waals surface area contributed by atoms with Crippen LogP contribution in [0.2, 0.25) is 0 Å². The van der Waals surface area contributed by atoms with Crippen LogP contribution in [0.25, 0.3) is 0 Å². The third kappa shape index (κ3) is 4.02. The Kier molecular flexibility index (Phi) is 4.16. The summed E-state index contributed by atoms with van der Waals surface area (Å²) in [6.45, 7) is 0. The molecular weight excluding hydrogens is 188 g/mol. The molecule has 0 radical (unpaired) electrons. The van der Waals surface area contributed by atoms with Crippen LogP contribution in [0.5, 0.6) is 0 Å². The van der Waals surface area contributed by atoms with E-state index in [9.17, 15) is 4.79 Å². The van der Waals surface area contributed by atoms with Crippen LogP contribution < -0.4 is 5.73 Å². The average Bonchev–Trinajstić information content (AvgIpc) is 2.17. The molecule has 1 aromatic rings. The lowest BCUT2D eigenvalue weighted by atomic mass is 10.1. The molecule has 0 saturated carbocycles. The molecule has 0 aliphatic heterocycles. The minimum atomic E-state index is 0.180. The van der Waals surface area contributed by atoms with Gasteiger partial charge in [0.1, 0.15) is 0 Å². The number of amides is 1. The maximum atomic E-state index is 11.3. The van der Waals surface area contributed by atoms with E-state index in [0.29, 0.717) is 6.42 Å². The Labute approximate surface area is 90.9 Å². The lowest BCUT2D eigenvalue weighted by Gasteiger charge is -2.09. The van der Waals surface area contributed by atoms with Crippen molar-refractivity contribution in [1.29, 1.82) is 0 Å². The van der Waals surface area contributed by atoms with Crippen molar-refractivity contribution in [3.8, 4) is 0 Å². The Bertz CT molecular complexity index is 334. The number of rotatable bonds is 4. The Morgan fingerprint density at radius 2 is 2.13 bits per heavy atom. The molecule has 0 unspecified atom stereocenters. The van der Waals surface area contributed by atoms with Crippen LogP contribution in [-0.2, 0) is 11.2 Å². The molecule has 15 heavy (non-hydrogen) atoms. The molecule has 1 amide bonds. The number of carbonyl (C=O) groups is 1. The minimum Gasteiger partial charge on any atom is -0.399 e. The Balaban J connectivity index is 2.35. The highest BCUT2D eigenvalue weighted by Crippen LogP contribution is 2.10. The number of nitrogens with two attached hydrogens (primary N) is 1. The van der Waals surface area contributed by atoms with Gasteiger partial charge in [-0.1, -0.05) is 12.1 Å². The SMILES string of the molecule is CN(C)C(=O)CCCc1cccc(N)c1. The van der Waals surface area contributed by atoms with Crippen molar-refractivity contribution in [3.63, 3.8) is 0 Å². The van der Waals surface area contributed by atoms with Crippen LogP contribution in [0.1, 0.15) is 18.4 Å². The van der Waals surface area contributed by atoms with Crippen molar-refractivity contribution in [2.45, 2.75) is 19.3 Å². The van der Waals surface area contributed by atoms with E-state index < -0.39 is 0 Å². The zero-order valence-electron chi connectivity index (χ0n) is 9.36. The molecule has 0 aliphatic rings. The molecule has 0 saturated heterocycles. The molecule has 0 heterocycles. The maximum Gasteiger partial charge on any atom is 0.222 e. The monoisotopic (exact) mass is 206 g/mol. The first-order valence-electron chi connectivity index (χ1n) is 5.14. The van der Waals surface area contributed by atoms with Crippen LogP contribution in [0.4, 0.5) is 5.69 Å². The first-order valence-corrected chi connectivity index (χ1v) is 5.14. The van der Waals surface area contributed by atoms with Crippen LogP contribution in [0, 0.1) is 0 Å². The number of hydrogen-bond donors (Lipinski definition) is 1. The van der Waals surface area contributed by atoms with Crippen molar-refractivity contribution >= 4 is 11.6 Å². The predicted molar refractivity (Wildman–Crippen MR) is 62.5 cm³/mol. The number of anilines is 1. The van der Waals surface area contributed by atoms with Gasteiger partial charge in [0.15, 0.2) is 0 Å². The van der Waals surface area contributed by atoms with E-state index >= 15 is 0 Å². The second-order valence-corrected chi connectivity index (χ2v) is 3.89. The Morgan fingerprint density at radius 1 is 1.40 bits per heavy atom. The van der Waals surface area contributed by atoms with E-state index in [0.717, 1.165) is 18.5 Å². The number of benzene rings is 1. The molecular formula is C12H18N2O. The summed E-state index contributed by atoms with van der Waals surface area (Å²) in [7, 11) is 3.56. The second-order valence-electron chi connectivity index (χ2n) is 3.89. The van der Waals surface area contributed by atoms with Gasteiger partial charge in [0.25, 0.3) is 0 Å². The predicted octanol–water partition coefficient (Wildman–Crippen LogP) is 1.68. The van der Waals surface area contributed by atoms with E-state index in [1.54, 1.807) is 19.0 Å². The number of carbonyl (C=O) groups excluding carboxylic acids is 1. The number of hydrogen-bond acceptors (Lipinski definition) is 2. The third-order valence-electron chi connectivity index (χ3n) is 2.31. The van der Waals surface area contributed by atoms with Gasteiger partial charge in [0.05, 0.1) is 0 Å². The van der Waals surface area contributed by atoms with Crippen molar-refractivity contribution in [2.24, 2.45) is 0 Å². The Hall–Kier alpha value is -1.51. The molecule has 0 spiro atoms. The highest BCUT2D eigenvalue weighted by Gasteiger charge is 2.03. The van der Waals surface area contributed by atoms with E-state index in [4.69, 9.17) is 5.73 Å². The maximum absolute atomic E-state index is 11.3. The fourth-order valence-electron chi connectivity index (χ4n) is 1.42. The minimum absolute atomic E-state index is 0.180. The summed E-state index contributed by atoms with van der Waals surface area (Å²) in [4.78, 5) is 12.9. The first-order chi connectivity index (χ1) is 7.09. The van der Waals surface area contributed by atoms with Crippen molar-refractivity contribution < 1.29 is 4.79 Å². The largest absolute Gasteiger partial charge is 0.399 e. The van der Waals surface area contributed by atoms with Gasteiger partial charge in [-0.15, -0.1) is 0 Å². The smallest absolute Gasteiger partial charge is 0.222 e. The highest BCUT2D eigenvalue weighted by molar-refractivity contribution is 5.75. The molecule has 2 N–H and O–H groups in total. The molecule has 1 rings (SSSR count). The quantitative estimate of drug-likeness (QED) is 0.762. The first kappa shape index (κ1) is 11.6. The number of aryl methyl sites for hydroxylation is 1. The molecule has 0 atom stereocenters. The summed E-state index contributed by atoms with van der Waals surface area (Å²) in [6.07, 6.45) is 2.38. The molecule has 0 bridgehead atoms. The van der Waals surface area contributed by atoms with E-state index in [2.05, 4.69) is 0 Å². The fourth-order valence-corrected chi connectivity index (χ4v) is 1.42. The van der Waals surface area contributed by atoms with Gasteiger partial charge in [-0.05, 0) is 30.5 Å². The van der Waals surface area contributed by atoms with Crippen LogP contribution in [0.3, 0.4) is 0 Å². The zero-order valence-corrected chi connectivity index (χ0v) is 9.36. The standard InChI is InChI=1S/C12H18N2O/c1-14(2)12(15)8-4-6-10-5-3-7-11(13)9-10/h3,5,7,9H,4,6,8,13H2,1-2H3. The topological polar surface area (TPSA) is 46.3 Å². The second kappa shape index (κ2) is 5.39. The average molecular weight is 206 g/mol. The fraction of sp³-hybridized carbons (Fsp3) is 0.417. The number of nitrogens with zero attached hydrogens (tertiary/aromatic N) is 1. The molecule has 0 aliphatic carbocycles. The van der Waals surface area contributed by atoms with Crippen LogP contribution >= 0.6 is 0 Å². The third-order valence-corrected chi connectivity index (χ3v) is 2.31. The molecule has 3 nitrogen and oxygen atoms in total. The van der Waals surface area contributed by atoms with E-state index in [1.807, 2.05) is 24.3 Å². The van der Waals surface area contributed by atoms with Crippen molar-refractivity contribution in [2.75, 3.05) is 19.8 Å². The normalized spacial score (nSPS) is 10.0. The molecule has 1 aromatic carbocycles. The van der Waals surface area contributed by atoms with Crippen LogP contribution in [0.15, 0.2) is 24.3 Å². The lowest BCUT2D eigenvalue weighted by Crippen LogP contribution is -2.21. The summed E-state index contributed by atoms with van der Waals surface area (Å²) in [5.41, 5.74) is 7.64. The van der Waals surface area contributed by atoms with Gasteiger partial charge < -0.3 is 10.6 Å². The summed E-state index contributed by atoms with van der Waals surface area (Å²) in [5.74, 6) is 0.180. The molecule has 0 aromatic heterocycles. The van der Waals surface area contributed by atoms with Gasteiger partial charge in [0.2, 0.25) is 5.91 Å². The Morgan fingerprint density at radius 3 is 2.73 bits per heavy atom. The van der Waals surface area contributed by atoms with Gasteiger partial charge in [0, 0.05) is 26.2 Å². The lowest BCUT2D eigenvalue weighted by molar-refractivity contribution is -0.128. The molecule has 3 heteroatoms. The van der Waals surface area contributed by atoms with Crippen molar-refractivity contribution in [3.05, 3.63) is 29.8 Å². The summed E-state index contributed by atoms with van der Waals surface area (Å²) >= 11 is 0. The number of nitrogen functional groups attached to an aromatic ring is 1. The summed E-state index contributed by atoms with van der Waals surface area (Å²) < 4.78 is 0. The zero-order chi connectivity index (χ0) is 11.3. The van der Waals surface area contributed by atoms with Gasteiger partial charge >= 0.3 is 0 Å². The van der Waals surface area contributed by atoms with Crippen LogP contribution in [-0.4, -0.2) is 24.9 Å². The van der Waals surface area contributed by atoms with Gasteiger partial charge in [-0.25, -0.2) is 0 Å². The van der Waals surface area contributed by atoms with Gasteiger partial charge in [-0.3, -0.25) is 4.79 Å².